The van der Waals surface area contributed by atoms with Gasteiger partial charge in [0.15, 0.2) is 0 Å². The fraction of sp³-hybridized carbons (Fsp3) is 0.120. The predicted octanol–water partition coefficient (Wildman–Crippen LogP) is 7.51. The fourth-order valence-electron chi connectivity index (χ4n) is 4.39. The summed E-state index contributed by atoms with van der Waals surface area (Å²) < 4.78 is 0. The predicted molar refractivity (Wildman–Crippen MR) is 120 cm³/mol. The van der Waals surface area contributed by atoms with Gasteiger partial charge in [-0.25, -0.2) is 0 Å². The number of benzene rings is 4. The number of rotatable bonds is 2. The first-order valence-corrected chi connectivity index (χ1v) is 13.8. The zero-order chi connectivity index (χ0) is 20.4. The molecule has 1 aliphatic rings. The van der Waals surface area contributed by atoms with Gasteiger partial charge in [0.1, 0.15) is 0 Å². The fourth-order valence-corrected chi connectivity index (χ4v) is 4.39. The molecule has 0 saturated heterocycles. The Morgan fingerprint density at radius 2 is 1.38 bits per heavy atom. The summed E-state index contributed by atoms with van der Waals surface area (Å²) in [5.41, 5.74) is 8.81. The van der Waals surface area contributed by atoms with Gasteiger partial charge in [-0.2, -0.15) is 0 Å². The summed E-state index contributed by atoms with van der Waals surface area (Å²) in [6.45, 7) is 1.86. The van der Waals surface area contributed by atoms with E-state index < -0.39 is 23.1 Å². The molecule has 0 aromatic heterocycles. The van der Waals surface area contributed by atoms with Crippen LogP contribution in [-0.2, 0) is 23.5 Å². The first-order chi connectivity index (χ1) is 14.2. The molecule has 29 heavy (non-hydrogen) atoms. The second kappa shape index (κ2) is 9.04. The van der Waals surface area contributed by atoms with Crippen molar-refractivity contribution in [3.05, 3.63) is 95.6 Å². The zero-order valence-electron chi connectivity index (χ0n) is 16.0. The van der Waals surface area contributed by atoms with Gasteiger partial charge >= 0.3 is 35.6 Å². The molecule has 0 aliphatic heterocycles. The molecule has 144 valence electrons. The van der Waals surface area contributed by atoms with Crippen molar-refractivity contribution >= 4 is 29.4 Å². The summed E-state index contributed by atoms with van der Waals surface area (Å²) in [6.07, 6.45) is 0.434. The van der Waals surface area contributed by atoms with E-state index in [1.54, 1.807) is 0 Å². The molecule has 0 spiro atoms. The molecule has 1 unspecified atom stereocenters. The van der Waals surface area contributed by atoms with Crippen LogP contribution in [0.5, 0.6) is 0 Å². The second-order valence-electron chi connectivity index (χ2n) is 7.16. The van der Waals surface area contributed by atoms with Gasteiger partial charge in [0.05, 0.1) is 6.10 Å². The van der Waals surface area contributed by atoms with Crippen LogP contribution in [0, 0.1) is 0 Å². The van der Waals surface area contributed by atoms with Crippen molar-refractivity contribution in [1.82, 2.24) is 0 Å². The molecule has 1 aliphatic carbocycles. The summed E-state index contributed by atoms with van der Waals surface area (Å²) in [7, 11) is 9.78. The Labute approximate surface area is 188 Å². The Balaban J connectivity index is 0.000000645. The van der Waals surface area contributed by atoms with Crippen molar-refractivity contribution < 1.29 is 22.1 Å². The van der Waals surface area contributed by atoms with Gasteiger partial charge in [0.2, 0.25) is 0 Å². The Hall–Kier alpha value is -1.61. The van der Waals surface area contributed by atoms with E-state index >= 15 is 0 Å². The molecule has 4 aromatic carbocycles. The Morgan fingerprint density at radius 3 is 2.14 bits per heavy atom. The van der Waals surface area contributed by atoms with Crippen LogP contribution in [0.25, 0.3) is 33.0 Å². The molecule has 0 heterocycles. The SMILES string of the molecule is CC(O)c1c(-c2cccc3c2Cc2ccccc2-3)ccc2ccccc12.[Cl][Ti][Cl]. The maximum absolute atomic E-state index is 10.6. The van der Waals surface area contributed by atoms with E-state index in [0.29, 0.717) is 0 Å². The molecule has 4 heteroatoms. The molecule has 1 nitrogen and oxygen atoms in total. The van der Waals surface area contributed by atoms with Crippen LogP contribution in [0.3, 0.4) is 0 Å². The van der Waals surface area contributed by atoms with Gasteiger partial charge in [0, 0.05) is 0 Å². The molecule has 1 N–H and O–H groups in total. The van der Waals surface area contributed by atoms with Crippen molar-refractivity contribution in [1.29, 1.82) is 0 Å². The topological polar surface area (TPSA) is 20.2 Å². The average molecular weight is 455 g/mol. The van der Waals surface area contributed by atoms with E-state index in [1.165, 1.54) is 33.2 Å². The second-order valence-corrected chi connectivity index (χ2v) is 9.74. The van der Waals surface area contributed by atoms with Gasteiger partial charge in [-0.15, -0.1) is 0 Å². The van der Waals surface area contributed by atoms with Crippen LogP contribution in [0.15, 0.2) is 78.9 Å². The third-order valence-corrected chi connectivity index (χ3v) is 5.53. The number of aliphatic hydroxyl groups is 1. The van der Waals surface area contributed by atoms with E-state index in [2.05, 4.69) is 66.7 Å². The molecule has 0 fully saturated rings. The summed E-state index contributed by atoms with van der Waals surface area (Å²) in [5, 5.41) is 12.9. The number of hydrogen-bond donors (Lipinski definition) is 1. The Bertz CT molecular complexity index is 1170. The molecule has 1 atom stereocenters. The van der Waals surface area contributed by atoms with E-state index in [1.807, 2.05) is 19.1 Å². The molecule has 0 amide bonds. The van der Waals surface area contributed by atoms with Crippen molar-refractivity contribution in [2.24, 2.45) is 0 Å². The normalized spacial score (nSPS) is 12.6. The molecule has 4 aromatic rings. The van der Waals surface area contributed by atoms with Crippen molar-refractivity contribution in [3.63, 3.8) is 0 Å². The van der Waals surface area contributed by atoms with Crippen LogP contribution in [-0.4, -0.2) is 5.11 Å². The molecule has 0 saturated carbocycles. The summed E-state index contributed by atoms with van der Waals surface area (Å²) in [5.74, 6) is 0. The zero-order valence-corrected chi connectivity index (χ0v) is 19.1. The van der Waals surface area contributed by atoms with Gasteiger partial charge in [-0.3, -0.25) is 0 Å². The standard InChI is InChI=1S/C25H20O.2ClH.Ti/c1-16(26)25-20-10-5-2-7-17(20)13-14-23(25)22-12-6-11-21-19-9-4-3-8-18(19)15-24(21)22;;;/h2-14,16,26H,15H2,1H3;2*1H;/q;;;+2/p-2. The monoisotopic (exact) mass is 454 g/mol. The number of fused-ring (bicyclic) bond motifs is 4. The Morgan fingerprint density at radius 1 is 0.759 bits per heavy atom. The summed E-state index contributed by atoms with van der Waals surface area (Å²) in [6, 6.07) is 27.8. The Kier molecular flexibility index (Phi) is 6.44. The number of aliphatic hydroxyl groups excluding tert-OH is 1. The van der Waals surface area contributed by atoms with Crippen molar-refractivity contribution in [3.8, 4) is 22.3 Å². The van der Waals surface area contributed by atoms with Gasteiger partial charge < -0.3 is 5.11 Å². The number of hydrogen-bond acceptors (Lipinski definition) is 1. The van der Waals surface area contributed by atoms with Crippen molar-refractivity contribution in [2.45, 2.75) is 19.4 Å². The van der Waals surface area contributed by atoms with E-state index in [9.17, 15) is 5.11 Å². The van der Waals surface area contributed by atoms with Gasteiger partial charge in [0.25, 0.3) is 0 Å². The third kappa shape index (κ3) is 3.91. The first-order valence-electron chi connectivity index (χ1n) is 9.52. The first kappa shape index (κ1) is 20.7. The van der Waals surface area contributed by atoms with Crippen molar-refractivity contribution in [2.75, 3.05) is 0 Å². The van der Waals surface area contributed by atoms with E-state index in [-0.39, 0.29) is 0 Å². The molecule has 5 rings (SSSR count). The third-order valence-electron chi connectivity index (χ3n) is 5.53. The van der Waals surface area contributed by atoms with Gasteiger partial charge in [-0.1, -0.05) is 78.9 Å². The summed E-state index contributed by atoms with van der Waals surface area (Å²) in [4.78, 5) is 0. The summed E-state index contributed by atoms with van der Waals surface area (Å²) >= 11 is -0.556. The molecule has 0 radical (unpaired) electrons. The van der Waals surface area contributed by atoms with E-state index in [4.69, 9.17) is 18.6 Å². The van der Waals surface area contributed by atoms with Crippen LogP contribution in [0.4, 0.5) is 0 Å². The van der Waals surface area contributed by atoms with Crippen LogP contribution < -0.4 is 0 Å². The van der Waals surface area contributed by atoms with Crippen LogP contribution >= 0.6 is 18.6 Å². The van der Waals surface area contributed by atoms with Gasteiger partial charge in [-0.05, 0) is 63.1 Å². The van der Waals surface area contributed by atoms with Crippen LogP contribution in [0.2, 0.25) is 0 Å². The van der Waals surface area contributed by atoms with Crippen LogP contribution in [0.1, 0.15) is 29.7 Å². The molecular weight excluding hydrogens is 435 g/mol. The minimum atomic E-state index is -0.556. The average Bonchev–Trinajstić information content (AvgIpc) is 3.12. The number of halogens is 2. The van der Waals surface area contributed by atoms with E-state index in [0.717, 1.165) is 22.9 Å². The maximum atomic E-state index is 10.6. The quantitative estimate of drug-likeness (QED) is 0.273. The molecular formula is C25H20Cl2OTi. The minimum absolute atomic E-state index is 0.518. The molecule has 0 bridgehead atoms.